The fraction of sp³-hybridized carbons (Fsp3) is 0.448. The van der Waals surface area contributed by atoms with Crippen molar-refractivity contribution in [3.05, 3.63) is 81.6 Å². The quantitative estimate of drug-likeness (QED) is 0.383. The number of aryl methyl sites for hydroxylation is 1. The predicted molar refractivity (Wildman–Crippen MR) is 139 cm³/mol. The number of halogens is 3. The van der Waals surface area contributed by atoms with Crippen molar-refractivity contribution in [1.82, 2.24) is 0 Å². The second-order valence-electron chi connectivity index (χ2n) is 9.31. The molecule has 2 aliphatic rings. The minimum Gasteiger partial charge on any atom is -0.478 e. The number of ether oxygens (including phenoxy) is 3. The number of alkyl halides is 3. The Morgan fingerprint density at radius 1 is 1.08 bits per heavy atom. The van der Waals surface area contributed by atoms with Gasteiger partial charge in [-0.15, -0.1) is 0 Å². The molecule has 1 fully saturated rings. The second kappa shape index (κ2) is 14.1. The van der Waals surface area contributed by atoms with Gasteiger partial charge in [0, 0.05) is 11.1 Å². The number of rotatable bonds is 9. The number of aromatic carboxylic acids is 1. The van der Waals surface area contributed by atoms with Crippen LogP contribution in [0.3, 0.4) is 0 Å². The number of hydrogen-bond acceptors (Lipinski definition) is 5. The molecule has 1 heterocycles. The van der Waals surface area contributed by atoms with E-state index in [-0.39, 0.29) is 24.4 Å². The van der Waals surface area contributed by atoms with E-state index in [0.29, 0.717) is 49.4 Å². The lowest BCUT2D eigenvalue weighted by Gasteiger charge is -2.30. The average molecular weight is 534 g/mol. The molecular weight excluding hydrogens is 499 g/mol. The Hall–Kier alpha value is -3.17. The van der Waals surface area contributed by atoms with Crippen molar-refractivity contribution in [2.75, 3.05) is 20.4 Å². The van der Waals surface area contributed by atoms with Crippen LogP contribution in [0.15, 0.2) is 58.7 Å². The van der Waals surface area contributed by atoms with E-state index >= 15 is 0 Å². The summed E-state index contributed by atoms with van der Waals surface area (Å²) >= 11 is 0. The molecule has 1 aliphatic heterocycles. The van der Waals surface area contributed by atoms with Gasteiger partial charge in [0.05, 0.1) is 43.9 Å². The fourth-order valence-corrected chi connectivity index (χ4v) is 4.59. The highest BCUT2D eigenvalue weighted by Crippen LogP contribution is 2.27. The van der Waals surface area contributed by atoms with Crippen LogP contribution in [-0.4, -0.2) is 49.6 Å². The highest BCUT2D eigenvalue weighted by molar-refractivity contribution is 5.95. The van der Waals surface area contributed by atoms with Gasteiger partial charge >= 0.3 is 5.97 Å². The van der Waals surface area contributed by atoms with E-state index in [2.05, 4.69) is 4.99 Å². The van der Waals surface area contributed by atoms with Crippen LogP contribution in [0.4, 0.5) is 13.2 Å². The van der Waals surface area contributed by atoms with Crippen molar-refractivity contribution < 1.29 is 37.3 Å². The molecule has 2 aromatic rings. The monoisotopic (exact) mass is 533 g/mol. The highest BCUT2D eigenvalue weighted by atomic mass is 19.3. The molecule has 9 heteroatoms. The van der Waals surface area contributed by atoms with E-state index in [9.17, 15) is 23.1 Å². The first-order chi connectivity index (χ1) is 18.3. The molecule has 38 heavy (non-hydrogen) atoms. The summed E-state index contributed by atoms with van der Waals surface area (Å²) in [4.78, 5) is 16.2. The van der Waals surface area contributed by atoms with E-state index in [0.717, 1.165) is 36.1 Å². The third kappa shape index (κ3) is 7.68. The third-order valence-corrected chi connectivity index (χ3v) is 6.62. The molecule has 6 nitrogen and oxygen atoms in total. The molecule has 2 aromatic carbocycles. The number of benzene rings is 2. The lowest BCUT2D eigenvalue weighted by Crippen LogP contribution is -2.29. The molecule has 1 N–H and O–H groups in total. The standard InChI is InChI=1S/C28H31F2NO5.CH3F/c1-17-6-3-9-21(25(17)28(32)33)15-34-22-10-5-11-23(13-22)35-16-24-18(2)14-36-27(31-24)20-8-4-7-19(12-20)26(29)30;1-2/h3-4,6-9,12,22-23,26H,5,10-11,13-16H2,1-2H3,(H,32,33);1H3. The number of nitrogens with zero attached hydrogens (tertiary/aromatic N) is 1. The molecule has 2 atom stereocenters. The largest absolute Gasteiger partial charge is 0.478 e. The Bertz CT molecular complexity index is 1160. The Morgan fingerprint density at radius 3 is 2.45 bits per heavy atom. The molecule has 0 radical (unpaired) electrons. The predicted octanol–water partition coefficient (Wildman–Crippen LogP) is 6.81. The van der Waals surface area contributed by atoms with Crippen LogP contribution >= 0.6 is 0 Å². The number of aliphatic imine (C=N–C) groups is 1. The Kier molecular flexibility index (Phi) is 10.9. The van der Waals surface area contributed by atoms with Gasteiger partial charge in [-0.05, 0) is 68.4 Å². The number of carboxylic acid groups (broad SMARTS) is 1. The summed E-state index contributed by atoms with van der Waals surface area (Å²) in [6, 6.07) is 11.5. The van der Waals surface area contributed by atoms with Gasteiger partial charge in [0.2, 0.25) is 5.90 Å². The van der Waals surface area contributed by atoms with Gasteiger partial charge in [0.1, 0.15) is 6.61 Å². The van der Waals surface area contributed by atoms with E-state index in [1.54, 1.807) is 31.2 Å². The van der Waals surface area contributed by atoms with Gasteiger partial charge in [-0.2, -0.15) is 0 Å². The molecule has 0 aromatic heterocycles. The molecule has 0 amide bonds. The van der Waals surface area contributed by atoms with Gasteiger partial charge in [-0.3, -0.25) is 4.39 Å². The van der Waals surface area contributed by atoms with Crippen molar-refractivity contribution in [1.29, 1.82) is 0 Å². The highest BCUT2D eigenvalue weighted by Gasteiger charge is 2.25. The zero-order valence-corrected chi connectivity index (χ0v) is 21.9. The number of carboxylic acids is 1. The lowest BCUT2D eigenvalue weighted by molar-refractivity contribution is -0.0458. The summed E-state index contributed by atoms with van der Waals surface area (Å²) < 4.78 is 53.7. The van der Waals surface area contributed by atoms with Crippen LogP contribution in [0.5, 0.6) is 0 Å². The first-order valence-electron chi connectivity index (χ1n) is 12.5. The molecule has 0 bridgehead atoms. The number of carbonyl (C=O) groups is 1. The summed E-state index contributed by atoms with van der Waals surface area (Å²) in [6.45, 7) is 4.57. The van der Waals surface area contributed by atoms with E-state index in [4.69, 9.17) is 14.2 Å². The summed E-state index contributed by atoms with van der Waals surface area (Å²) in [6.07, 6.45) is 0.871. The van der Waals surface area contributed by atoms with Crippen molar-refractivity contribution >= 4 is 11.9 Å². The van der Waals surface area contributed by atoms with Crippen molar-refractivity contribution in [3.8, 4) is 0 Å². The topological polar surface area (TPSA) is 77.4 Å². The molecule has 0 spiro atoms. The van der Waals surface area contributed by atoms with Crippen molar-refractivity contribution in [2.24, 2.45) is 4.99 Å². The molecule has 2 unspecified atom stereocenters. The average Bonchev–Trinajstić information content (AvgIpc) is 2.92. The Labute approximate surface area is 221 Å². The van der Waals surface area contributed by atoms with Crippen LogP contribution in [0.1, 0.15) is 71.6 Å². The molecule has 4 rings (SSSR count). The molecule has 206 valence electrons. The van der Waals surface area contributed by atoms with Gasteiger partial charge < -0.3 is 19.3 Å². The van der Waals surface area contributed by atoms with E-state index in [1.807, 2.05) is 13.0 Å². The van der Waals surface area contributed by atoms with Crippen LogP contribution in [0.2, 0.25) is 0 Å². The maximum atomic E-state index is 13.1. The second-order valence-corrected chi connectivity index (χ2v) is 9.31. The Balaban J connectivity index is 0.00000195. The zero-order chi connectivity index (χ0) is 27.7. The van der Waals surface area contributed by atoms with Crippen molar-refractivity contribution in [3.63, 3.8) is 0 Å². The first-order valence-corrected chi connectivity index (χ1v) is 12.5. The van der Waals surface area contributed by atoms with Crippen LogP contribution < -0.4 is 0 Å². The molecule has 1 aliphatic carbocycles. The SMILES string of the molecule is CC1=C(COC2CCCC(OCc3cccc(C)c3C(=O)O)C2)N=C(c2cccc(C(F)F)c2)OC1.CF. The summed E-state index contributed by atoms with van der Waals surface area (Å²) in [5.41, 5.74) is 3.82. The Morgan fingerprint density at radius 2 is 1.76 bits per heavy atom. The zero-order valence-electron chi connectivity index (χ0n) is 21.9. The smallest absolute Gasteiger partial charge is 0.336 e. The van der Waals surface area contributed by atoms with Gasteiger partial charge in [-0.1, -0.05) is 30.3 Å². The first kappa shape index (κ1) is 29.4. The van der Waals surface area contributed by atoms with Crippen LogP contribution in [0.25, 0.3) is 0 Å². The minimum atomic E-state index is -2.56. The van der Waals surface area contributed by atoms with Gasteiger partial charge in [-0.25, -0.2) is 18.6 Å². The summed E-state index contributed by atoms with van der Waals surface area (Å²) in [5, 5.41) is 9.54. The van der Waals surface area contributed by atoms with Gasteiger partial charge in [0.25, 0.3) is 6.43 Å². The van der Waals surface area contributed by atoms with E-state index in [1.165, 1.54) is 12.1 Å². The maximum absolute atomic E-state index is 13.1. The van der Waals surface area contributed by atoms with E-state index < -0.39 is 12.4 Å². The minimum absolute atomic E-state index is 0.0100. The summed E-state index contributed by atoms with van der Waals surface area (Å²) in [5.74, 6) is -0.628. The van der Waals surface area contributed by atoms with Gasteiger partial charge in [0.15, 0.2) is 0 Å². The van der Waals surface area contributed by atoms with Crippen molar-refractivity contribution in [2.45, 2.75) is 64.8 Å². The maximum Gasteiger partial charge on any atom is 0.336 e. The van der Waals surface area contributed by atoms with Crippen LogP contribution in [-0.2, 0) is 20.8 Å². The molecular formula is C29H34F3NO5. The number of hydrogen-bond donors (Lipinski definition) is 1. The normalized spacial score (nSPS) is 19.4. The fourth-order valence-electron chi connectivity index (χ4n) is 4.59. The molecule has 1 saturated carbocycles. The molecule has 0 saturated heterocycles. The van der Waals surface area contributed by atoms with Crippen LogP contribution in [0, 0.1) is 6.92 Å². The lowest BCUT2D eigenvalue weighted by atomic mass is 9.94. The summed E-state index contributed by atoms with van der Waals surface area (Å²) in [7, 11) is 0.500. The third-order valence-electron chi connectivity index (χ3n) is 6.62.